The molecule has 1 aromatic rings. The van der Waals surface area contributed by atoms with Crippen LogP contribution in [0.1, 0.15) is 34.1 Å². The minimum Gasteiger partial charge on any atom is -0.480 e. The van der Waals surface area contributed by atoms with Crippen LogP contribution in [-0.2, 0) is 9.59 Å². The summed E-state index contributed by atoms with van der Waals surface area (Å²) in [4.78, 5) is 49.2. The number of fused-ring (bicyclic) bond motifs is 1. The van der Waals surface area contributed by atoms with Crippen molar-refractivity contribution in [1.82, 2.24) is 9.80 Å². The van der Waals surface area contributed by atoms with E-state index in [1.807, 2.05) is 6.92 Å². The number of carbonyl (C=O) groups is 4. The minimum absolute atomic E-state index is 0. The first-order valence-electron chi connectivity index (χ1n) is 7.54. The molecule has 3 amide bonds. The zero-order valence-corrected chi connectivity index (χ0v) is 14.8. The van der Waals surface area contributed by atoms with Gasteiger partial charge in [-0.25, -0.2) is 0 Å². The quantitative estimate of drug-likeness (QED) is 0.696. The second-order valence-electron chi connectivity index (χ2n) is 5.58. The van der Waals surface area contributed by atoms with E-state index in [1.165, 1.54) is 24.1 Å². The molecule has 2 N–H and O–H groups in total. The maximum atomic E-state index is 12.1. The maximum Gasteiger partial charge on any atom is 0.317 e. The molecule has 0 aliphatic carbocycles. The van der Waals surface area contributed by atoms with E-state index >= 15 is 0 Å². The minimum atomic E-state index is -0.999. The lowest BCUT2D eigenvalue weighted by molar-refractivity contribution is -0.138. The highest BCUT2D eigenvalue weighted by Gasteiger charge is 2.32. The summed E-state index contributed by atoms with van der Waals surface area (Å²) >= 11 is 0. The second-order valence-corrected chi connectivity index (χ2v) is 5.58. The molecule has 0 radical (unpaired) electrons. The third-order valence-electron chi connectivity index (χ3n) is 3.64. The molecule has 0 saturated carbocycles. The van der Waals surface area contributed by atoms with Crippen LogP contribution in [0, 0.1) is 0 Å². The number of carboxylic acids is 1. The fourth-order valence-electron chi connectivity index (χ4n) is 2.56. The number of amides is 3. The number of rotatable bonds is 7. The van der Waals surface area contributed by atoms with Crippen molar-refractivity contribution in [2.75, 3.05) is 32.0 Å². The molecule has 0 saturated heterocycles. The molecule has 136 valence electrons. The Hall–Kier alpha value is -2.45. The summed E-state index contributed by atoms with van der Waals surface area (Å²) in [5.41, 5.74) is 0.942. The van der Waals surface area contributed by atoms with Crippen LogP contribution in [0.25, 0.3) is 0 Å². The molecule has 1 aliphatic rings. The number of nitrogens with zero attached hydrogens (tertiary/aromatic N) is 2. The Morgan fingerprint density at radius 1 is 1.16 bits per heavy atom. The fraction of sp³-hybridized carbons (Fsp3) is 0.375. The number of nitrogens with one attached hydrogen (secondary N) is 1. The van der Waals surface area contributed by atoms with Crippen LogP contribution in [0.4, 0.5) is 5.69 Å². The van der Waals surface area contributed by atoms with Crippen LogP contribution in [0.3, 0.4) is 0 Å². The van der Waals surface area contributed by atoms with E-state index < -0.39 is 11.9 Å². The van der Waals surface area contributed by atoms with Gasteiger partial charge in [0, 0.05) is 12.7 Å². The first-order valence-corrected chi connectivity index (χ1v) is 7.54. The van der Waals surface area contributed by atoms with Gasteiger partial charge >= 0.3 is 5.97 Å². The molecule has 0 atom stereocenters. The predicted octanol–water partition coefficient (Wildman–Crippen LogP) is 1.07. The molecule has 0 spiro atoms. The van der Waals surface area contributed by atoms with E-state index in [0.29, 0.717) is 17.8 Å². The second kappa shape index (κ2) is 8.59. The number of halogens is 1. The molecule has 9 heteroatoms. The predicted molar refractivity (Wildman–Crippen MR) is 93.1 cm³/mol. The maximum absolute atomic E-state index is 12.1. The summed E-state index contributed by atoms with van der Waals surface area (Å²) in [6, 6.07) is 4.50. The highest BCUT2D eigenvalue weighted by atomic mass is 35.5. The Morgan fingerprint density at radius 2 is 1.80 bits per heavy atom. The molecule has 1 heterocycles. The molecular weight excluding hydrogens is 350 g/mol. The summed E-state index contributed by atoms with van der Waals surface area (Å²) in [5.74, 6) is -2.16. The Bertz CT molecular complexity index is 707. The SMILES string of the molecule is CCCN(CC(=O)O)CC(=O)Nc1ccc2c(c1)C(=O)N(C)C2=O.Cl. The summed E-state index contributed by atoms with van der Waals surface area (Å²) < 4.78 is 0. The zero-order valence-electron chi connectivity index (χ0n) is 13.9. The Balaban J connectivity index is 0.00000312. The van der Waals surface area contributed by atoms with Crippen LogP contribution < -0.4 is 5.32 Å². The van der Waals surface area contributed by atoms with Crippen LogP contribution in [0.5, 0.6) is 0 Å². The van der Waals surface area contributed by atoms with Gasteiger partial charge in [0.05, 0.1) is 24.2 Å². The summed E-state index contributed by atoms with van der Waals surface area (Å²) in [7, 11) is 1.40. The summed E-state index contributed by atoms with van der Waals surface area (Å²) in [6.45, 7) is 2.10. The van der Waals surface area contributed by atoms with E-state index in [4.69, 9.17) is 5.11 Å². The molecule has 0 unspecified atom stereocenters. The van der Waals surface area contributed by atoms with Crippen molar-refractivity contribution in [3.63, 3.8) is 0 Å². The summed E-state index contributed by atoms with van der Waals surface area (Å²) in [5, 5.41) is 11.5. The number of carbonyl (C=O) groups excluding carboxylic acids is 3. The number of hydrogen-bond acceptors (Lipinski definition) is 5. The lowest BCUT2D eigenvalue weighted by Gasteiger charge is -2.18. The number of aliphatic carboxylic acids is 1. The number of imide groups is 1. The molecule has 25 heavy (non-hydrogen) atoms. The standard InChI is InChI=1S/C16H19N3O5.ClH/c1-3-6-19(9-14(21)22)8-13(20)17-10-4-5-11-12(7-10)16(24)18(2)15(11)23;/h4-5,7H,3,6,8-9H2,1-2H3,(H,17,20)(H,21,22);1H. The van der Waals surface area contributed by atoms with E-state index in [0.717, 1.165) is 11.3 Å². The van der Waals surface area contributed by atoms with Crippen LogP contribution in [-0.4, -0.2) is 65.3 Å². The van der Waals surface area contributed by atoms with Gasteiger partial charge in [0.15, 0.2) is 0 Å². The van der Waals surface area contributed by atoms with Gasteiger partial charge < -0.3 is 10.4 Å². The van der Waals surface area contributed by atoms with Crippen molar-refractivity contribution in [2.24, 2.45) is 0 Å². The lowest BCUT2D eigenvalue weighted by Crippen LogP contribution is -2.37. The van der Waals surface area contributed by atoms with E-state index in [2.05, 4.69) is 5.32 Å². The van der Waals surface area contributed by atoms with Crippen molar-refractivity contribution >= 4 is 41.8 Å². The van der Waals surface area contributed by atoms with Gasteiger partial charge in [-0.15, -0.1) is 12.4 Å². The van der Waals surface area contributed by atoms with Crippen molar-refractivity contribution in [3.05, 3.63) is 29.3 Å². The average molecular weight is 370 g/mol. The van der Waals surface area contributed by atoms with Crippen LogP contribution in [0.15, 0.2) is 18.2 Å². The topological polar surface area (TPSA) is 107 Å². The fourth-order valence-corrected chi connectivity index (χ4v) is 2.56. The molecular formula is C16H20ClN3O5. The number of carboxylic acid groups (broad SMARTS) is 1. The highest BCUT2D eigenvalue weighted by Crippen LogP contribution is 2.24. The van der Waals surface area contributed by atoms with Crippen LogP contribution in [0.2, 0.25) is 0 Å². The van der Waals surface area contributed by atoms with Gasteiger partial charge in [-0.3, -0.25) is 29.0 Å². The molecule has 0 aromatic heterocycles. The van der Waals surface area contributed by atoms with Gasteiger partial charge in [0.1, 0.15) is 0 Å². The van der Waals surface area contributed by atoms with E-state index in [-0.39, 0.29) is 42.9 Å². The highest BCUT2D eigenvalue weighted by molar-refractivity contribution is 6.21. The monoisotopic (exact) mass is 369 g/mol. The molecule has 0 fully saturated rings. The Labute approximate surface area is 151 Å². The smallest absolute Gasteiger partial charge is 0.317 e. The summed E-state index contributed by atoms with van der Waals surface area (Å²) in [6.07, 6.45) is 0.725. The number of hydrogen-bond donors (Lipinski definition) is 2. The molecule has 1 aromatic carbocycles. The first kappa shape index (κ1) is 20.6. The van der Waals surface area contributed by atoms with Gasteiger partial charge in [-0.1, -0.05) is 6.92 Å². The first-order chi connectivity index (χ1) is 11.3. The largest absolute Gasteiger partial charge is 0.480 e. The van der Waals surface area contributed by atoms with Gasteiger partial charge in [0.25, 0.3) is 11.8 Å². The molecule has 0 bridgehead atoms. The zero-order chi connectivity index (χ0) is 17.9. The third-order valence-corrected chi connectivity index (χ3v) is 3.64. The molecule has 2 rings (SSSR count). The normalized spacial score (nSPS) is 12.8. The Kier molecular flexibility index (Phi) is 7.08. The van der Waals surface area contributed by atoms with Gasteiger partial charge in [0.2, 0.25) is 5.91 Å². The van der Waals surface area contributed by atoms with Gasteiger partial charge in [-0.2, -0.15) is 0 Å². The lowest BCUT2D eigenvalue weighted by atomic mass is 10.1. The van der Waals surface area contributed by atoms with Gasteiger partial charge in [-0.05, 0) is 31.2 Å². The molecule has 1 aliphatic heterocycles. The van der Waals surface area contributed by atoms with E-state index in [1.54, 1.807) is 6.07 Å². The van der Waals surface area contributed by atoms with Crippen LogP contribution >= 0.6 is 12.4 Å². The Morgan fingerprint density at radius 3 is 2.40 bits per heavy atom. The van der Waals surface area contributed by atoms with E-state index in [9.17, 15) is 19.2 Å². The number of anilines is 1. The van der Waals surface area contributed by atoms with Crippen molar-refractivity contribution in [2.45, 2.75) is 13.3 Å². The van der Waals surface area contributed by atoms with Crippen molar-refractivity contribution < 1.29 is 24.3 Å². The number of benzene rings is 1. The average Bonchev–Trinajstić information content (AvgIpc) is 2.71. The van der Waals surface area contributed by atoms with Crippen molar-refractivity contribution in [1.29, 1.82) is 0 Å². The van der Waals surface area contributed by atoms with Crippen molar-refractivity contribution in [3.8, 4) is 0 Å². The third kappa shape index (κ3) is 4.77. The molecule has 8 nitrogen and oxygen atoms in total.